The molecule has 0 saturated carbocycles. The number of hydrogen-bond acceptors (Lipinski definition) is 2. The van der Waals surface area contributed by atoms with E-state index < -0.39 is 0 Å². The van der Waals surface area contributed by atoms with Crippen LogP contribution in [0.5, 0.6) is 11.5 Å². The summed E-state index contributed by atoms with van der Waals surface area (Å²) >= 11 is 12.0. The SMILES string of the molecule is CCCOc1ccc2c(Cl)c(OCCCCl)ccc2c1. The highest BCUT2D eigenvalue weighted by molar-refractivity contribution is 6.37. The Morgan fingerprint density at radius 3 is 2.65 bits per heavy atom. The third kappa shape index (κ3) is 3.71. The van der Waals surface area contributed by atoms with Crippen LogP contribution in [0, 0.1) is 0 Å². The van der Waals surface area contributed by atoms with Crippen LogP contribution in [-0.2, 0) is 0 Å². The Balaban J connectivity index is 2.22. The van der Waals surface area contributed by atoms with Gasteiger partial charge in [-0.25, -0.2) is 0 Å². The highest BCUT2D eigenvalue weighted by Gasteiger charge is 2.07. The zero-order valence-electron chi connectivity index (χ0n) is 11.5. The molecule has 108 valence electrons. The molecular formula is C16H18Cl2O2. The molecule has 0 saturated heterocycles. The zero-order chi connectivity index (χ0) is 14.4. The normalized spacial score (nSPS) is 10.8. The van der Waals surface area contributed by atoms with E-state index in [2.05, 4.69) is 6.92 Å². The smallest absolute Gasteiger partial charge is 0.138 e. The van der Waals surface area contributed by atoms with E-state index in [1.807, 2.05) is 30.3 Å². The molecule has 0 N–H and O–H groups in total. The van der Waals surface area contributed by atoms with Crippen molar-refractivity contribution < 1.29 is 9.47 Å². The van der Waals surface area contributed by atoms with Crippen molar-refractivity contribution in [1.29, 1.82) is 0 Å². The van der Waals surface area contributed by atoms with E-state index in [0.29, 0.717) is 23.3 Å². The largest absolute Gasteiger partial charge is 0.494 e. The predicted octanol–water partition coefficient (Wildman–Crippen LogP) is 5.29. The first kappa shape index (κ1) is 15.3. The highest BCUT2D eigenvalue weighted by Crippen LogP contribution is 2.34. The number of alkyl halides is 1. The van der Waals surface area contributed by atoms with Crippen molar-refractivity contribution in [3.63, 3.8) is 0 Å². The summed E-state index contributed by atoms with van der Waals surface area (Å²) in [6.45, 7) is 3.38. The van der Waals surface area contributed by atoms with Crippen molar-refractivity contribution in [2.45, 2.75) is 19.8 Å². The van der Waals surface area contributed by atoms with Crippen molar-refractivity contribution in [1.82, 2.24) is 0 Å². The van der Waals surface area contributed by atoms with E-state index in [9.17, 15) is 0 Å². The Labute approximate surface area is 129 Å². The molecule has 0 unspecified atom stereocenters. The second-order valence-electron chi connectivity index (χ2n) is 4.50. The summed E-state index contributed by atoms with van der Waals surface area (Å²) in [6, 6.07) is 9.79. The Morgan fingerprint density at radius 1 is 1.05 bits per heavy atom. The number of ether oxygens (including phenoxy) is 2. The Hall–Kier alpha value is -1.12. The Bertz CT molecular complexity index is 570. The van der Waals surface area contributed by atoms with Crippen LogP contribution in [-0.4, -0.2) is 19.1 Å². The van der Waals surface area contributed by atoms with Gasteiger partial charge in [-0.1, -0.05) is 24.6 Å². The molecule has 0 aliphatic rings. The van der Waals surface area contributed by atoms with E-state index in [-0.39, 0.29) is 0 Å². The molecule has 0 aliphatic heterocycles. The van der Waals surface area contributed by atoms with Crippen LogP contribution >= 0.6 is 23.2 Å². The van der Waals surface area contributed by atoms with Gasteiger partial charge in [-0.2, -0.15) is 0 Å². The third-order valence-corrected chi connectivity index (χ3v) is 3.56. The van der Waals surface area contributed by atoms with Gasteiger partial charge in [-0.05, 0) is 42.5 Å². The molecule has 2 nitrogen and oxygen atoms in total. The van der Waals surface area contributed by atoms with Crippen LogP contribution in [0.4, 0.5) is 0 Å². The van der Waals surface area contributed by atoms with Crippen molar-refractivity contribution in [3.05, 3.63) is 35.4 Å². The van der Waals surface area contributed by atoms with Crippen molar-refractivity contribution >= 4 is 34.0 Å². The highest BCUT2D eigenvalue weighted by atomic mass is 35.5. The van der Waals surface area contributed by atoms with Gasteiger partial charge in [0.25, 0.3) is 0 Å². The standard InChI is InChI=1S/C16H18Cl2O2/c1-2-9-19-13-5-6-14-12(11-13)4-7-15(16(14)18)20-10-3-8-17/h4-7,11H,2-3,8-10H2,1H3. The first-order chi connectivity index (χ1) is 9.76. The molecule has 0 amide bonds. The van der Waals surface area contributed by atoms with E-state index in [0.717, 1.165) is 36.0 Å². The molecule has 0 radical (unpaired) electrons. The van der Waals surface area contributed by atoms with Gasteiger partial charge < -0.3 is 9.47 Å². The average Bonchev–Trinajstić information content (AvgIpc) is 2.47. The van der Waals surface area contributed by atoms with Crippen molar-refractivity contribution in [2.75, 3.05) is 19.1 Å². The van der Waals surface area contributed by atoms with Crippen molar-refractivity contribution in [2.24, 2.45) is 0 Å². The topological polar surface area (TPSA) is 18.5 Å². The maximum Gasteiger partial charge on any atom is 0.138 e. The van der Waals surface area contributed by atoms with Crippen LogP contribution < -0.4 is 9.47 Å². The average molecular weight is 313 g/mol. The summed E-state index contributed by atoms with van der Waals surface area (Å²) in [7, 11) is 0. The zero-order valence-corrected chi connectivity index (χ0v) is 13.0. The minimum atomic E-state index is 0.576. The number of hydrogen-bond donors (Lipinski definition) is 0. The van der Waals surface area contributed by atoms with Gasteiger partial charge in [0.1, 0.15) is 11.5 Å². The van der Waals surface area contributed by atoms with Crippen molar-refractivity contribution in [3.8, 4) is 11.5 Å². The molecule has 0 atom stereocenters. The monoisotopic (exact) mass is 312 g/mol. The maximum absolute atomic E-state index is 6.38. The van der Waals surface area contributed by atoms with Gasteiger partial charge in [0.05, 0.1) is 18.2 Å². The van der Waals surface area contributed by atoms with Gasteiger partial charge in [-0.15, -0.1) is 11.6 Å². The predicted molar refractivity (Wildman–Crippen MR) is 85.6 cm³/mol. The second kappa shape index (κ2) is 7.61. The first-order valence-corrected chi connectivity index (χ1v) is 7.71. The first-order valence-electron chi connectivity index (χ1n) is 6.80. The minimum absolute atomic E-state index is 0.576. The molecule has 0 heterocycles. The summed E-state index contributed by atoms with van der Waals surface area (Å²) in [6.07, 6.45) is 1.80. The quantitative estimate of drug-likeness (QED) is 0.511. The molecule has 0 aromatic heterocycles. The molecule has 2 rings (SSSR count). The molecule has 0 aliphatic carbocycles. The third-order valence-electron chi connectivity index (χ3n) is 2.90. The van der Waals surface area contributed by atoms with Crippen LogP contribution in [0.2, 0.25) is 5.02 Å². The number of halogens is 2. The molecule has 20 heavy (non-hydrogen) atoms. The molecule has 2 aromatic carbocycles. The molecule has 0 bridgehead atoms. The van der Waals surface area contributed by atoms with Crippen LogP contribution in [0.1, 0.15) is 19.8 Å². The summed E-state index contributed by atoms with van der Waals surface area (Å²) in [5.74, 6) is 2.15. The van der Waals surface area contributed by atoms with Crippen LogP contribution in [0.15, 0.2) is 30.3 Å². The van der Waals surface area contributed by atoms with E-state index >= 15 is 0 Å². The van der Waals surface area contributed by atoms with E-state index in [1.54, 1.807) is 0 Å². The van der Waals surface area contributed by atoms with Gasteiger partial charge in [-0.3, -0.25) is 0 Å². The van der Waals surface area contributed by atoms with E-state index in [4.69, 9.17) is 32.7 Å². The minimum Gasteiger partial charge on any atom is -0.494 e. The fourth-order valence-electron chi connectivity index (χ4n) is 1.91. The number of fused-ring (bicyclic) bond motifs is 1. The molecule has 0 spiro atoms. The molecule has 0 fully saturated rings. The van der Waals surface area contributed by atoms with Gasteiger partial charge in [0.2, 0.25) is 0 Å². The lowest BCUT2D eigenvalue weighted by atomic mass is 10.1. The lowest BCUT2D eigenvalue weighted by Crippen LogP contribution is -1.98. The van der Waals surface area contributed by atoms with Crippen LogP contribution in [0.25, 0.3) is 10.8 Å². The number of benzene rings is 2. The maximum atomic E-state index is 6.38. The van der Waals surface area contributed by atoms with Gasteiger partial charge in [0, 0.05) is 11.3 Å². The van der Waals surface area contributed by atoms with Gasteiger partial charge >= 0.3 is 0 Å². The Kier molecular flexibility index (Phi) is 5.81. The fraction of sp³-hybridized carbons (Fsp3) is 0.375. The number of rotatable bonds is 7. The van der Waals surface area contributed by atoms with Crippen LogP contribution in [0.3, 0.4) is 0 Å². The lowest BCUT2D eigenvalue weighted by Gasteiger charge is -2.11. The Morgan fingerprint density at radius 2 is 1.90 bits per heavy atom. The molecule has 4 heteroatoms. The summed E-state index contributed by atoms with van der Waals surface area (Å²) in [5.41, 5.74) is 0. The van der Waals surface area contributed by atoms with Gasteiger partial charge in [0.15, 0.2) is 0 Å². The second-order valence-corrected chi connectivity index (χ2v) is 5.26. The summed E-state index contributed by atoms with van der Waals surface area (Å²) in [4.78, 5) is 0. The molecular weight excluding hydrogens is 295 g/mol. The summed E-state index contributed by atoms with van der Waals surface area (Å²) < 4.78 is 11.3. The van der Waals surface area contributed by atoms with E-state index in [1.165, 1.54) is 0 Å². The lowest BCUT2D eigenvalue weighted by molar-refractivity contribution is 0.317. The summed E-state index contributed by atoms with van der Waals surface area (Å²) in [5, 5.41) is 2.66. The fourth-order valence-corrected chi connectivity index (χ4v) is 2.31. The molecule has 2 aromatic rings.